The Morgan fingerprint density at radius 3 is 2.24 bits per heavy atom. The Morgan fingerprint density at radius 1 is 1.10 bits per heavy atom. The summed E-state index contributed by atoms with van der Waals surface area (Å²) in [6.07, 6.45) is -4.42. The summed E-state index contributed by atoms with van der Waals surface area (Å²) in [6, 6.07) is 5.26. The lowest BCUT2D eigenvalue weighted by atomic mass is 10.1. The summed E-state index contributed by atoms with van der Waals surface area (Å²) < 4.78 is 38.6. The summed E-state index contributed by atoms with van der Waals surface area (Å²) >= 11 is 11.8. The summed E-state index contributed by atoms with van der Waals surface area (Å²) in [5.74, 6) is 0.381. The highest BCUT2D eigenvalue weighted by Gasteiger charge is 2.32. The van der Waals surface area contributed by atoms with Crippen LogP contribution in [0.25, 0.3) is 0 Å². The number of hydrogen-bond acceptors (Lipinski definition) is 3. The van der Waals surface area contributed by atoms with Gasteiger partial charge in [0.2, 0.25) is 0 Å². The van der Waals surface area contributed by atoms with Crippen molar-refractivity contribution in [2.75, 3.05) is 5.32 Å². The molecule has 0 unspecified atom stereocenters. The van der Waals surface area contributed by atoms with Gasteiger partial charge in [0.15, 0.2) is 10.3 Å². The second-order valence-corrected chi connectivity index (χ2v) is 4.95. The van der Waals surface area contributed by atoms with Gasteiger partial charge in [-0.25, -0.2) is 9.97 Å². The van der Waals surface area contributed by atoms with E-state index in [1.165, 1.54) is 18.2 Å². The number of halogens is 5. The van der Waals surface area contributed by atoms with Gasteiger partial charge in [-0.05, 0) is 18.6 Å². The van der Waals surface area contributed by atoms with Gasteiger partial charge >= 0.3 is 6.18 Å². The second-order valence-electron chi connectivity index (χ2n) is 4.24. The predicted octanol–water partition coefficient (Wildman–Crippen LogP) is 4.72. The average molecular weight is 336 g/mol. The molecule has 1 aromatic heterocycles. The minimum Gasteiger partial charge on any atom is -0.376 e. The quantitative estimate of drug-likeness (QED) is 0.824. The molecule has 2 rings (SSSR count). The van der Waals surface area contributed by atoms with Crippen LogP contribution in [-0.2, 0) is 12.7 Å². The molecule has 0 saturated carbocycles. The van der Waals surface area contributed by atoms with Crippen LogP contribution in [0.2, 0.25) is 10.3 Å². The van der Waals surface area contributed by atoms with Crippen LogP contribution in [0.4, 0.5) is 18.9 Å². The van der Waals surface area contributed by atoms with E-state index in [9.17, 15) is 13.2 Å². The first-order valence-corrected chi connectivity index (χ1v) is 6.63. The molecule has 112 valence electrons. The van der Waals surface area contributed by atoms with Gasteiger partial charge in [0.1, 0.15) is 11.5 Å². The lowest BCUT2D eigenvalue weighted by molar-refractivity contribution is -0.138. The molecular formula is C13H10Cl2F3N3. The Kier molecular flexibility index (Phi) is 4.58. The van der Waals surface area contributed by atoms with E-state index in [0.29, 0.717) is 5.82 Å². The number of rotatable bonds is 3. The summed E-state index contributed by atoms with van der Waals surface area (Å²) in [5, 5.41) is 2.88. The van der Waals surface area contributed by atoms with E-state index in [1.54, 1.807) is 6.92 Å². The number of aromatic nitrogens is 2. The number of nitrogens with zero attached hydrogens (tertiary/aromatic N) is 2. The van der Waals surface area contributed by atoms with Gasteiger partial charge < -0.3 is 5.32 Å². The van der Waals surface area contributed by atoms with Crippen LogP contribution in [0.5, 0.6) is 0 Å². The number of benzene rings is 1. The molecular weight excluding hydrogens is 326 g/mol. The van der Waals surface area contributed by atoms with Gasteiger partial charge in [0, 0.05) is 6.54 Å². The van der Waals surface area contributed by atoms with Gasteiger partial charge in [-0.2, -0.15) is 13.2 Å². The topological polar surface area (TPSA) is 37.8 Å². The summed E-state index contributed by atoms with van der Waals surface area (Å²) in [4.78, 5) is 7.81. The zero-order valence-electron chi connectivity index (χ0n) is 10.8. The maximum Gasteiger partial charge on any atom is 0.416 e. The Balaban J connectivity index is 2.26. The molecule has 0 aliphatic rings. The van der Waals surface area contributed by atoms with Gasteiger partial charge in [0.05, 0.1) is 5.56 Å². The van der Waals surface area contributed by atoms with Crippen molar-refractivity contribution in [2.24, 2.45) is 0 Å². The molecule has 3 nitrogen and oxygen atoms in total. The Labute approximate surface area is 129 Å². The average Bonchev–Trinajstić information content (AvgIpc) is 2.36. The first kappa shape index (κ1) is 15.9. The predicted molar refractivity (Wildman–Crippen MR) is 75.6 cm³/mol. The third-order valence-electron chi connectivity index (χ3n) is 2.71. The lowest BCUT2D eigenvalue weighted by Gasteiger charge is -2.14. The van der Waals surface area contributed by atoms with Crippen LogP contribution in [-0.4, -0.2) is 9.97 Å². The fourth-order valence-corrected chi connectivity index (χ4v) is 2.39. The lowest BCUT2D eigenvalue weighted by Crippen LogP contribution is -2.12. The van der Waals surface area contributed by atoms with Crippen molar-refractivity contribution >= 4 is 28.9 Å². The van der Waals surface area contributed by atoms with E-state index >= 15 is 0 Å². The molecule has 0 aliphatic carbocycles. The van der Waals surface area contributed by atoms with Gasteiger partial charge in [-0.1, -0.05) is 41.4 Å². The van der Waals surface area contributed by atoms with E-state index in [2.05, 4.69) is 15.3 Å². The van der Waals surface area contributed by atoms with Gasteiger partial charge in [-0.15, -0.1) is 0 Å². The molecule has 0 atom stereocenters. The number of aryl methyl sites for hydroxylation is 1. The highest BCUT2D eigenvalue weighted by atomic mass is 35.5. The first-order chi connectivity index (χ1) is 9.79. The van der Waals surface area contributed by atoms with Crippen molar-refractivity contribution in [1.82, 2.24) is 9.97 Å². The highest BCUT2D eigenvalue weighted by molar-refractivity contribution is 6.37. The molecule has 1 aromatic carbocycles. The molecule has 0 saturated heterocycles. The minimum atomic E-state index is -4.42. The summed E-state index contributed by atoms with van der Waals surface area (Å²) in [7, 11) is 0. The van der Waals surface area contributed by atoms with Gasteiger partial charge in [-0.3, -0.25) is 0 Å². The molecule has 2 aromatic rings. The highest BCUT2D eigenvalue weighted by Crippen LogP contribution is 2.33. The van der Waals surface area contributed by atoms with Crippen LogP contribution >= 0.6 is 23.2 Å². The van der Waals surface area contributed by atoms with E-state index in [-0.39, 0.29) is 28.1 Å². The van der Waals surface area contributed by atoms with Crippen LogP contribution < -0.4 is 5.32 Å². The summed E-state index contributed by atoms with van der Waals surface area (Å²) in [6.45, 7) is 1.52. The second kappa shape index (κ2) is 6.07. The number of hydrogen-bond donors (Lipinski definition) is 1. The van der Waals surface area contributed by atoms with Crippen LogP contribution in [0.1, 0.15) is 17.0 Å². The largest absolute Gasteiger partial charge is 0.416 e. The maximum atomic E-state index is 12.9. The van der Waals surface area contributed by atoms with E-state index < -0.39 is 11.7 Å². The van der Waals surface area contributed by atoms with Crippen molar-refractivity contribution in [3.63, 3.8) is 0 Å². The third kappa shape index (κ3) is 3.77. The van der Waals surface area contributed by atoms with Gasteiger partial charge in [0.25, 0.3) is 0 Å². The Bertz CT molecular complexity index is 636. The fraction of sp³-hybridized carbons (Fsp3) is 0.231. The third-order valence-corrected chi connectivity index (χ3v) is 3.26. The van der Waals surface area contributed by atoms with E-state index in [0.717, 1.165) is 6.07 Å². The van der Waals surface area contributed by atoms with E-state index in [1.807, 2.05) is 0 Å². The Morgan fingerprint density at radius 2 is 1.67 bits per heavy atom. The molecule has 1 N–H and O–H groups in total. The molecule has 0 fully saturated rings. The number of nitrogens with one attached hydrogen (secondary N) is 1. The standard InChI is InChI=1S/C13H10Cl2F3N3/c1-7-20-11(14)10(12(15)21-7)19-6-8-4-2-3-5-9(8)13(16,17)18/h2-5,19H,6H2,1H3. The fourth-order valence-electron chi connectivity index (χ4n) is 1.79. The normalized spacial score (nSPS) is 11.5. The zero-order chi connectivity index (χ0) is 15.6. The molecule has 0 aliphatic heterocycles. The SMILES string of the molecule is Cc1nc(Cl)c(NCc2ccccc2C(F)(F)F)c(Cl)n1. The smallest absolute Gasteiger partial charge is 0.376 e. The van der Waals surface area contributed by atoms with E-state index in [4.69, 9.17) is 23.2 Å². The molecule has 0 bridgehead atoms. The van der Waals surface area contributed by atoms with Crippen LogP contribution in [0.3, 0.4) is 0 Å². The molecule has 1 heterocycles. The Hall–Kier alpha value is -1.53. The molecule has 0 amide bonds. The molecule has 0 spiro atoms. The molecule has 21 heavy (non-hydrogen) atoms. The van der Waals surface area contributed by atoms with Crippen LogP contribution in [0, 0.1) is 6.92 Å². The van der Waals surface area contributed by atoms with Crippen LogP contribution in [0.15, 0.2) is 24.3 Å². The number of anilines is 1. The van der Waals surface area contributed by atoms with Crippen molar-refractivity contribution < 1.29 is 13.2 Å². The van der Waals surface area contributed by atoms with Crippen molar-refractivity contribution in [3.05, 3.63) is 51.5 Å². The van der Waals surface area contributed by atoms with Crippen molar-refractivity contribution in [3.8, 4) is 0 Å². The summed E-state index contributed by atoms with van der Waals surface area (Å²) in [5.41, 5.74) is -0.420. The number of alkyl halides is 3. The first-order valence-electron chi connectivity index (χ1n) is 5.87. The van der Waals surface area contributed by atoms with Crippen molar-refractivity contribution in [1.29, 1.82) is 0 Å². The minimum absolute atomic E-state index is 0.0667. The maximum absolute atomic E-state index is 12.9. The molecule has 8 heteroatoms. The molecule has 0 radical (unpaired) electrons. The van der Waals surface area contributed by atoms with Crippen molar-refractivity contribution in [2.45, 2.75) is 19.6 Å². The monoisotopic (exact) mass is 335 g/mol. The zero-order valence-corrected chi connectivity index (χ0v) is 12.3.